The van der Waals surface area contributed by atoms with E-state index in [0.29, 0.717) is 28.2 Å². The van der Waals surface area contributed by atoms with E-state index < -0.39 is 22.8 Å². The molecule has 0 aliphatic heterocycles. The Labute approximate surface area is 252 Å². The molecular formula is C37H48O5. The molecule has 0 unspecified atom stereocenters. The van der Waals surface area contributed by atoms with E-state index in [1.807, 2.05) is 48.5 Å². The van der Waals surface area contributed by atoms with E-state index in [9.17, 15) is 14.7 Å². The average molecular weight is 573 g/mol. The second kappa shape index (κ2) is 11.2. The Morgan fingerprint density at radius 1 is 0.595 bits per heavy atom. The lowest BCUT2D eigenvalue weighted by Crippen LogP contribution is -2.24. The summed E-state index contributed by atoms with van der Waals surface area (Å²) in [4.78, 5) is 27.2. The zero-order chi connectivity index (χ0) is 32.0. The van der Waals surface area contributed by atoms with Gasteiger partial charge in [0.15, 0.2) is 0 Å². The molecule has 3 rings (SSSR count). The van der Waals surface area contributed by atoms with Gasteiger partial charge in [-0.05, 0) is 64.0 Å². The van der Waals surface area contributed by atoms with Crippen LogP contribution in [0.2, 0.25) is 0 Å². The van der Waals surface area contributed by atoms with Gasteiger partial charge in [-0.1, -0.05) is 107 Å². The van der Waals surface area contributed by atoms with Crippen molar-refractivity contribution in [2.24, 2.45) is 0 Å². The fraction of sp³-hybridized carbons (Fsp3) is 0.459. The maximum Gasteiger partial charge on any atom is 0.347 e. The van der Waals surface area contributed by atoms with E-state index in [-0.39, 0.29) is 22.1 Å². The van der Waals surface area contributed by atoms with Crippen molar-refractivity contribution in [3.8, 4) is 17.2 Å². The van der Waals surface area contributed by atoms with E-state index in [1.165, 1.54) is 17.7 Å². The second-order valence-electron chi connectivity index (χ2n) is 15.4. The monoisotopic (exact) mass is 572 g/mol. The number of rotatable bonds is 4. The molecule has 3 aromatic carbocycles. The maximum atomic E-state index is 13.9. The molecule has 0 aliphatic rings. The number of hydrogen-bond donors (Lipinski definition) is 1. The van der Waals surface area contributed by atoms with E-state index in [1.54, 1.807) is 24.3 Å². The van der Waals surface area contributed by atoms with Gasteiger partial charge in [-0.3, -0.25) is 0 Å². The highest BCUT2D eigenvalue weighted by Crippen LogP contribution is 2.43. The molecule has 42 heavy (non-hydrogen) atoms. The molecule has 0 saturated heterocycles. The molecule has 0 aromatic heterocycles. The maximum absolute atomic E-state index is 13.9. The van der Waals surface area contributed by atoms with Crippen LogP contribution in [-0.4, -0.2) is 17.0 Å². The summed E-state index contributed by atoms with van der Waals surface area (Å²) in [7, 11) is 0. The Kier molecular flexibility index (Phi) is 8.81. The van der Waals surface area contributed by atoms with Crippen LogP contribution in [0.3, 0.4) is 0 Å². The number of para-hydroxylation sites is 1. The molecule has 3 aromatic rings. The molecule has 5 nitrogen and oxygen atoms in total. The van der Waals surface area contributed by atoms with Crippen LogP contribution in [0.4, 0.5) is 0 Å². The molecule has 1 N–H and O–H groups in total. The van der Waals surface area contributed by atoms with Crippen LogP contribution in [0.25, 0.3) is 0 Å². The third-order valence-electron chi connectivity index (χ3n) is 7.40. The number of phenolic OH excluding ortho intramolecular Hbond substituents is 1. The summed E-state index contributed by atoms with van der Waals surface area (Å²) in [5.74, 6) is -0.323. The van der Waals surface area contributed by atoms with Crippen molar-refractivity contribution in [2.75, 3.05) is 0 Å². The molecule has 0 fully saturated rings. The van der Waals surface area contributed by atoms with Crippen molar-refractivity contribution in [2.45, 2.75) is 112 Å². The largest absolute Gasteiger partial charge is 0.507 e. The van der Waals surface area contributed by atoms with Crippen molar-refractivity contribution >= 4 is 11.9 Å². The van der Waals surface area contributed by atoms with Gasteiger partial charge >= 0.3 is 11.9 Å². The van der Waals surface area contributed by atoms with Crippen molar-refractivity contribution in [1.82, 2.24) is 0 Å². The lowest BCUT2D eigenvalue weighted by Gasteiger charge is -2.30. The number of carbonyl (C=O) groups excluding carboxylic acids is 2. The summed E-state index contributed by atoms with van der Waals surface area (Å²) in [6.07, 6.45) is 0. The number of carbonyl (C=O) groups is 2. The highest BCUT2D eigenvalue weighted by atomic mass is 16.5. The van der Waals surface area contributed by atoms with Crippen LogP contribution >= 0.6 is 0 Å². The van der Waals surface area contributed by atoms with Gasteiger partial charge in [0.1, 0.15) is 22.8 Å². The van der Waals surface area contributed by atoms with Gasteiger partial charge in [0.05, 0.1) is 5.56 Å². The quantitative estimate of drug-likeness (QED) is 0.249. The smallest absolute Gasteiger partial charge is 0.347 e. The zero-order valence-corrected chi connectivity index (χ0v) is 27.7. The third kappa shape index (κ3) is 7.24. The molecule has 0 aliphatic carbocycles. The minimum Gasteiger partial charge on any atom is -0.507 e. The minimum atomic E-state index is -0.663. The minimum absolute atomic E-state index is 0.0552. The third-order valence-corrected chi connectivity index (χ3v) is 7.40. The van der Waals surface area contributed by atoms with Crippen LogP contribution in [0.1, 0.15) is 132 Å². The molecule has 0 atom stereocenters. The normalized spacial score (nSPS) is 12.7. The molecule has 0 bridgehead atoms. The number of ether oxygens (including phenoxy) is 2. The highest BCUT2D eigenvalue weighted by molar-refractivity contribution is 5.95. The number of benzene rings is 3. The highest BCUT2D eigenvalue weighted by Gasteiger charge is 2.32. The van der Waals surface area contributed by atoms with Crippen LogP contribution in [0, 0.1) is 6.92 Å². The number of phenols is 1. The van der Waals surface area contributed by atoms with Crippen molar-refractivity contribution in [3.63, 3.8) is 0 Å². The first kappa shape index (κ1) is 32.9. The van der Waals surface area contributed by atoms with Gasteiger partial charge in [0.2, 0.25) is 0 Å². The summed E-state index contributed by atoms with van der Waals surface area (Å²) in [6, 6.07) is 14.1. The zero-order valence-electron chi connectivity index (χ0n) is 27.7. The van der Waals surface area contributed by atoms with Crippen LogP contribution in [0.5, 0.6) is 17.2 Å². The van der Waals surface area contributed by atoms with Crippen molar-refractivity contribution in [3.05, 3.63) is 87.5 Å². The SMILES string of the molecule is Cc1cc(C(C)(C)C)cc(C(C)(C)C)c1OC(=O)c1cc(C(C)(C)C)c(OC(=O)c2ccccc2O)c(C(C)(C)C)c1. The van der Waals surface area contributed by atoms with Crippen LogP contribution in [0.15, 0.2) is 48.5 Å². The summed E-state index contributed by atoms with van der Waals surface area (Å²) in [5.41, 5.74) is 3.64. The molecule has 226 valence electrons. The summed E-state index contributed by atoms with van der Waals surface area (Å²) in [5, 5.41) is 10.3. The summed E-state index contributed by atoms with van der Waals surface area (Å²) < 4.78 is 12.2. The average Bonchev–Trinajstić information content (AvgIpc) is 2.82. The van der Waals surface area contributed by atoms with Gasteiger partial charge in [0, 0.05) is 16.7 Å². The Morgan fingerprint density at radius 2 is 1.05 bits per heavy atom. The molecule has 0 amide bonds. The molecule has 5 heteroatoms. The molecule has 0 heterocycles. The lowest BCUT2D eigenvalue weighted by atomic mass is 9.78. The second-order valence-corrected chi connectivity index (χ2v) is 15.4. The molecule has 0 spiro atoms. The molecule has 0 saturated carbocycles. The number of aromatic hydroxyl groups is 1. The first-order valence-electron chi connectivity index (χ1n) is 14.6. The molecular weight excluding hydrogens is 524 g/mol. The Morgan fingerprint density at radius 3 is 1.50 bits per heavy atom. The lowest BCUT2D eigenvalue weighted by molar-refractivity contribution is 0.0724. The van der Waals surface area contributed by atoms with E-state index in [2.05, 4.69) is 53.7 Å². The van der Waals surface area contributed by atoms with Gasteiger partial charge in [-0.25, -0.2) is 9.59 Å². The first-order valence-corrected chi connectivity index (χ1v) is 14.6. The number of aryl methyl sites for hydroxylation is 1. The van der Waals surface area contributed by atoms with Crippen LogP contribution < -0.4 is 9.47 Å². The number of hydrogen-bond acceptors (Lipinski definition) is 5. The van der Waals surface area contributed by atoms with E-state index in [0.717, 1.165) is 11.1 Å². The van der Waals surface area contributed by atoms with Crippen molar-refractivity contribution in [1.29, 1.82) is 0 Å². The van der Waals surface area contributed by atoms with Crippen LogP contribution in [-0.2, 0) is 21.7 Å². The standard InChI is InChI=1S/C37H48O5/c1-22-18-24(34(2,3)4)21-28(37(11,12)13)30(22)41-32(39)23-19-26(35(5,6)7)31(27(20-23)36(8,9)10)42-33(40)25-16-14-15-17-29(25)38/h14-21,38H,1-13H3. The van der Waals surface area contributed by atoms with Gasteiger partial charge < -0.3 is 14.6 Å². The summed E-state index contributed by atoms with van der Waals surface area (Å²) in [6.45, 7) is 26.9. The van der Waals surface area contributed by atoms with Gasteiger partial charge in [0.25, 0.3) is 0 Å². The fourth-order valence-electron chi connectivity index (χ4n) is 4.82. The fourth-order valence-corrected chi connectivity index (χ4v) is 4.82. The van der Waals surface area contributed by atoms with Gasteiger partial charge in [-0.2, -0.15) is 0 Å². The van der Waals surface area contributed by atoms with Gasteiger partial charge in [-0.15, -0.1) is 0 Å². The summed E-state index contributed by atoms with van der Waals surface area (Å²) >= 11 is 0. The van der Waals surface area contributed by atoms with E-state index >= 15 is 0 Å². The van der Waals surface area contributed by atoms with E-state index in [4.69, 9.17) is 9.47 Å². The molecule has 0 radical (unpaired) electrons. The number of esters is 2. The predicted molar refractivity (Wildman–Crippen MR) is 170 cm³/mol. The topological polar surface area (TPSA) is 72.8 Å². The Bertz CT molecular complexity index is 1460. The Hall–Kier alpha value is -3.60. The first-order chi connectivity index (χ1) is 19.0. The van der Waals surface area contributed by atoms with Crippen molar-refractivity contribution < 1.29 is 24.2 Å². The predicted octanol–water partition coefficient (Wildman–Crippen LogP) is 9.33. The Balaban J connectivity index is 2.19.